The Morgan fingerprint density at radius 3 is 2.50 bits per heavy atom. The summed E-state index contributed by atoms with van der Waals surface area (Å²) < 4.78 is 5.19. The predicted octanol–water partition coefficient (Wildman–Crippen LogP) is 1.87. The summed E-state index contributed by atoms with van der Waals surface area (Å²) in [7, 11) is 1.79. The minimum absolute atomic E-state index is 0.598. The maximum absolute atomic E-state index is 5.19. The van der Waals surface area contributed by atoms with Crippen LogP contribution in [0.25, 0.3) is 0 Å². The van der Waals surface area contributed by atoms with Gasteiger partial charge in [-0.25, -0.2) is 0 Å². The van der Waals surface area contributed by atoms with Crippen LogP contribution in [-0.4, -0.2) is 49.8 Å². The standard InChI is InChI=1S/C13H28N2O/c1-11(2)14-8-7-12(3)15(9-10-16-4)13-5-6-13/h11-14H,5-10H2,1-4H3. The van der Waals surface area contributed by atoms with Crippen molar-refractivity contribution < 1.29 is 4.74 Å². The maximum atomic E-state index is 5.19. The Morgan fingerprint density at radius 1 is 1.31 bits per heavy atom. The third kappa shape index (κ3) is 5.28. The number of hydrogen-bond acceptors (Lipinski definition) is 3. The molecule has 3 heteroatoms. The lowest BCUT2D eigenvalue weighted by molar-refractivity contribution is 0.115. The first-order valence-electron chi connectivity index (χ1n) is 6.63. The van der Waals surface area contributed by atoms with Crippen molar-refractivity contribution in [3.05, 3.63) is 0 Å². The molecule has 1 fully saturated rings. The van der Waals surface area contributed by atoms with Crippen LogP contribution in [0.1, 0.15) is 40.0 Å². The van der Waals surface area contributed by atoms with E-state index in [9.17, 15) is 0 Å². The molecule has 1 aliphatic rings. The number of methoxy groups -OCH3 is 1. The summed E-state index contributed by atoms with van der Waals surface area (Å²) in [5.41, 5.74) is 0. The Kier molecular flexibility index (Phi) is 6.32. The van der Waals surface area contributed by atoms with Gasteiger partial charge in [0.1, 0.15) is 0 Å². The highest BCUT2D eigenvalue weighted by atomic mass is 16.5. The summed E-state index contributed by atoms with van der Waals surface area (Å²) in [6, 6.07) is 2.11. The minimum atomic E-state index is 0.598. The summed E-state index contributed by atoms with van der Waals surface area (Å²) >= 11 is 0. The molecular formula is C13H28N2O. The topological polar surface area (TPSA) is 24.5 Å². The average Bonchev–Trinajstić information content (AvgIpc) is 3.02. The van der Waals surface area contributed by atoms with Gasteiger partial charge in [0.2, 0.25) is 0 Å². The van der Waals surface area contributed by atoms with E-state index in [2.05, 4.69) is 31.0 Å². The second-order valence-electron chi connectivity index (χ2n) is 5.21. The molecule has 1 saturated carbocycles. The second kappa shape index (κ2) is 7.25. The van der Waals surface area contributed by atoms with E-state index in [0.29, 0.717) is 12.1 Å². The van der Waals surface area contributed by atoms with Crippen molar-refractivity contribution in [2.45, 2.75) is 58.2 Å². The Labute approximate surface area is 101 Å². The van der Waals surface area contributed by atoms with Crippen molar-refractivity contribution in [3.63, 3.8) is 0 Å². The van der Waals surface area contributed by atoms with Gasteiger partial charge in [0.15, 0.2) is 0 Å². The Bertz CT molecular complexity index is 181. The highest BCUT2D eigenvalue weighted by Gasteiger charge is 2.31. The third-order valence-corrected chi connectivity index (χ3v) is 3.25. The van der Waals surface area contributed by atoms with Crippen LogP contribution in [0, 0.1) is 0 Å². The van der Waals surface area contributed by atoms with Crippen LogP contribution in [0.4, 0.5) is 0 Å². The van der Waals surface area contributed by atoms with E-state index in [1.54, 1.807) is 7.11 Å². The van der Waals surface area contributed by atoms with Gasteiger partial charge in [-0.15, -0.1) is 0 Å². The molecule has 0 saturated heterocycles. The van der Waals surface area contributed by atoms with E-state index < -0.39 is 0 Å². The van der Waals surface area contributed by atoms with E-state index in [1.807, 2.05) is 0 Å². The molecule has 16 heavy (non-hydrogen) atoms. The molecule has 0 bridgehead atoms. The van der Waals surface area contributed by atoms with E-state index in [-0.39, 0.29) is 0 Å². The summed E-state index contributed by atoms with van der Waals surface area (Å²) in [6.45, 7) is 9.82. The van der Waals surface area contributed by atoms with Crippen molar-refractivity contribution in [3.8, 4) is 0 Å². The van der Waals surface area contributed by atoms with Gasteiger partial charge in [0.05, 0.1) is 6.61 Å². The Hall–Kier alpha value is -0.120. The van der Waals surface area contributed by atoms with Crippen molar-refractivity contribution in [1.29, 1.82) is 0 Å². The van der Waals surface area contributed by atoms with Gasteiger partial charge in [-0.2, -0.15) is 0 Å². The number of nitrogens with zero attached hydrogens (tertiary/aromatic N) is 1. The molecule has 0 spiro atoms. The number of hydrogen-bond donors (Lipinski definition) is 1. The molecule has 1 rings (SSSR count). The van der Waals surface area contributed by atoms with Crippen LogP contribution < -0.4 is 5.32 Å². The van der Waals surface area contributed by atoms with Gasteiger partial charge >= 0.3 is 0 Å². The quantitative estimate of drug-likeness (QED) is 0.652. The molecule has 0 aliphatic heterocycles. The summed E-state index contributed by atoms with van der Waals surface area (Å²) in [6.07, 6.45) is 4.00. The minimum Gasteiger partial charge on any atom is -0.383 e. The van der Waals surface area contributed by atoms with Crippen LogP contribution >= 0.6 is 0 Å². The maximum Gasteiger partial charge on any atom is 0.0589 e. The zero-order chi connectivity index (χ0) is 12.0. The van der Waals surface area contributed by atoms with E-state index in [0.717, 1.165) is 25.7 Å². The van der Waals surface area contributed by atoms with Crippen LogP contribution in [0.5, 0.6) is 0 Å². The molecule has 1 unspecified atom stereocenters. The first kappa shape index (κ1) is 13.9. The van der Waals surface area contributed by atoms with Gasteiger partial charge in [0.25, 0.3) is 0 Å². The molecular weight excluding hydrogens is 200 g/mol. The lowest BCUT2D eigenvalue weighted by Gasteiger charge is -2.29. The van der Waals surface area contributed by atoms with E-state index in [1.165, 1.54) is 19.3 Å². The van der Waals surface area contributed by atoms with Crippen LogP contribution in [0.15, 0.2) is 0 Å². The monoisotopic (exact) mass is 228 g/mol. The van der Waals surface area contributed by atoms with Crippen LogP contribution in [0.2, 0.25) is 0 Å². The molecule has 96 valence electrons. The summed E-state index contributed by atoms with van der Waals surface area (Å²) in [4.78, 5) is 2.62. The van der Waals surface area contributed by atoms with Crippen molar-refractivity contribution >= 4 is 0 Å². The van der Waals surface area contributed by atoms with E-state index in [4.69, 9.17) is 4.74 Å². The highest BCUT2D eigenvalue weighted by Crippen LogP contribution is 2.28. The molecule has 0 aromatic carbocycles. The smallest absolute Gasteiger partial charge is 0.0589 e. The molecule has 3 nitrogen and oxygen atoms in total. The van der Waals surface area contributed by atoms with E-state index >= 15 is 0 Å². The first-order valence-corrected chi connectivity index (χ1v) is 6.63. The highest BCUT2D eigenvalue weighted by molar-refractivity contribution is 4.87. The number of rotatable bonds is 9. The zero-order valence-electron chi connectivity index (χ0n) is 11.3. The van der Waals surface area contributed by atoms with Crippen LogP contribution in [0.3, 0.4) is 0 Å². The van der Waals surface area contributed by atoms with Crippen LogP contribution in [-0.2, 0) is 4.74 Å². The van der Waals surface area contributed by atoms with Crippen molar-refractivity contribution in [2.24, 2.45) is 0 Å². The fourth-order valence-corrected chi connectivity index (χ4v) is 2.11. The van der Waals surface area contributed by atoms with Crippen molar-refractivity contribution in [1.82, 2.24) is 10.2 Å². The SMILES string of the molecule is COCCN(C(C)CCNC(C)C)C1CC1. The molecule has 0 radical (unpaired) electrons. The first-order chi connectivity index (χ1) is 7.65. The Balaban J connectivity index is 2.21. The molecule has 0 amide bonds. The van der Waals surface area contributed by atoms with Crippen molar-refractivity contribution in [2.75, 3.05) is 26.8 Å². The number of nitrogens with one attached hydrogen (secondary N) is 1. The van der Waals surface area contributed by atoms with Gasteiger partial charge in [0, 0.05) is 31.8 Å². The average molecular weight is 228 g/mol. The Morgan fingerprint density at radius 2 is 2.00 bits per heavy atom. The molecule has 0 heterocycles. The molecule has 1 N–H and O–H groups in total. The number of ether oxygens (including phenoxy) is 1. The van der Waals surface area contributed by atoms with Gasteiger partial charge < -0.3 is 10.1 Å². The predicted molar refractivity (Wildman–Crippen MR) is 68.8 cm³/mol. The molecule has 1 atom stereocenters. The largest absolute Gasteiger partial charge is 0.383 e. The van der Waals surface area contributed by atoms with Gasteiger partial charge in [-0.3, -0.25) is 4.90 Å². The third-order valence-electron chi connectivity index (χ3n) is 3.25. The summed E-state index contributed by atoms with van der Waals surface area (Å²) in [5.74, 6) is 0. The molecule has 0 aromatic heterocycles. The molecule has 1 aliphatic carbocycles. The molecule has 0 aromatic rings. The van der Waals surface area contributed by atoms with Gasteiger partial charge in [-0.1, -0.05) is 13.8 Å². The second-order valence-corrected chi connectivity index (χ2v) is 5.21. The fourth-order valence-electron chi connectivity index (χ4n) is 2.11. The fraction of sp³-hybridized carbons (Fsp3) is 1.00. The lowest BCUT2D eigenvalue weighted by Crippen LogP contribution is -2.39. The lowest BCUT2D eigenvalue weighted by atomic mass is 10.2. The zero-order valence-corrected chi connectivity index (χ0v) is 11.3. The normalized spacial score (nSPS) is 18.4. The summed E-state index contributed by atoms with van der Waals surface area (Å²) in [5, 5.41) is 3.49. The van der Waals surface area contributed by atoms with Gasteiger partial charge in [-0.05, 0) is 32.7 Å².